The standard InChI is InChI=1S/C16H11N/c1-3-7-14-12(5-1)9-10-17-11-13-6-2-4-8-15(13)16(14)17/h1-11H. The summed E-state index contributed by atoms with van der Waals surface area (Å²) in [5.74, 6) is 0. The zero-order chi connectivity index (χ0) is 11.2. The minimum Gasteiger partial charge on any atom is -0.322 e. The maximum Gasteiger partial charge on any atom is 0.0607 e. The quantitative estimate of drug-likeness (QED) is 0.415. The Morgan fingerprint density at radius 3 is 2.12 bits per heavy atom. The number of benzene rings is 2. The van der Waals surface area contributed by atoms with Gasteiger partial charge in [-0.2, -0.15) is 0 Å². The topological polar surface area (TPSA) is 4.41 Å². The summed E-state index contributed by atoms with van der Waals surface area (Å²) in [6.07, 6.45) is 4.33. The fourth-order valence-corrected chi connectivity index (χ4v) is 2.60. The van der Waals surface area contributed by atoms with Gasteiger partial charge in [0.2, 0.25) is 0 Å². The van der Waals surface area contributed by atoms with Crippen molar-refractivity contribution in [3.63, 3.8) is 0 Å². The number of nitrogens with zero attached hydrogens (tertiary/aromatic N) is 1. The van der Waals surface area contributed by atoms with Gasteiger partial charge in [-0.1, -0.05) is 48.5 Å². The molecule has 0 spiro atoms. The van der Waals surface area contributed by atoms with Crippen LogP contribution < -0.4 is 0 Å². The first-order valence-corrected chi connectivity index (χ1v) is 5.81. The minimum absolute atomic E-state index is 1.30. The Kier molecular flexibility index (Phi) is 1.61. The van der Waals surface area contributed by atoms with Gasteiger partial charge in [-0.05, 0) is 11.5 Å². The second-order valence-corrected chi connectivity index (χ2v) is 4.38. The lowest BCUT2D eigenvalue weighted by molar-refractivity contribution is 1.22. The molecule has 0 atom stereocenters. The van der Waals surface area contributed by atoms with E-state index in [1.54, 1.807) is 0 Å². The zero-order valence-electron chi connectivity index (χ0n) is 9.30. The van der Waals surface area contributed by atoms with Crippen LogP contribution in [0.4, 0.5) is 0 Å². The molecule has 4 rings (SSSR count). The molecular weight excluding hydrogens is 206 g/mol. The van der Waals surface area contributed by atoms with Crippen molar-refractivity contribution >= 4 is 27.1 Å². The second-order valence-electron chi connectivity index (χ2n) is 4.38. The molecule has 0 aliphatic carbocycles. The van der Waals surface area contributed by atoms with Gasteiger partial charge in [-0.3, -0.25) is 0 Å². The van der Waals surface area contributed by atoms with Gasteiger partial charge in [0.15, 0.2) is 0 Å². The summed E-state index contributed by atoms with van der Waals surface area (Å²) >= 11 is 0. The monoisotopic (exact) mass is 217 g/mol. The normalized spacial score (nSPS) is 11.5. The number of hydrogen-bond donors (Lipinski definition) is 0. The lowest BCUT2D eigenvalue weighted by atomic mass is 10.1. The third kappa shape index (κ3) is 1.14. The Morgan fingerprint density at radius 2 is 1.29 bits per heavy atom. The molecule has 4 aromatic rings. The van der Waals surface area contributed by atoms with Crippen molar-refractivity contribution in [2.24, 2.45) is 0 Å². The van der Waals surface area contributed by atoms with Crippen LogP contribution in [-0.4, -0.2) is 4.40 Å². The molecule has 0 aliphatic rings. The first-order chi connectivity index (χ1) is 8.43. The summed E-state index contributed by atoms with van der Waals surface area (Å²) in [6.45, 7) is 0. The van der Waals surface area contributed by atoms with E-state index in [4.69, 9.17) is 0 Å². The maximum absolute atomic E-state index is 2.22. The molecule has 2 aromatic carbocycles. The highest BCUT2D eigenvalue weighted by molar-refractivity contribution is 6.10. The molecule has 0 saturated heterocycles. The summed E-state index contributed by atoms with van der Waals surface area (Å²) in [5.41, 5.74) is 1.30. The fraction of sp³-hybridized carbons (Fsp3) is 0. The molecular formula is C16H11N. The first kappa shape index (κ1) is 8.82. The van der Waals surface area contributed by atoms with Crippen LogP contribution in [0.1, 0.15) is 0 Å². The molecule has 80 valence electrons. The molecule has 1 heteroatoms. The van der Waals surface area contributed by atoms with E-state index < -0.39 is 0 Å². The number of pyridine rings is 1. The van der Waals surface area contributed by atoms with Gasteiger partial charge < -0.3 is 4.40 Å². The molecule has 0 amide bonds. The van der Waals surface area contributed by atoms with Crippen LogP contribution in [0.5, 0.6) is 0 Å². The highest BCUT2D eigenvalue weighted by Crippen LogP contribution is 2.28. The van der Waals surface area contributed by atoms with Gasteiger partial charge in [0.25, 0.3) is 0 Å². The largest absolute Gasteiger partial charge is 0.322 e. The van der Waals surface area contributed by atoms with Gasteiger partial charge in [0.1, 0.15) is 0 Å². The SMILES string of the molecule is c1ccc2c(c1)ccn1cc3ccccc3c21. The Bertz CT molecular complexity index is 834. The van der Waals surface area contributed by atoms with Gasteiger partial charge in [-0.25, -0.2) is 0 Å². The van der Waals surface area contributed by atoms with Crippen LogP contribution in [0, 0.1) is 0 Å². The summed E-state index contributed by atoms with van der Waals surface area (Å²) in [7, 11) is 0. The molecule has 0 aliphatic heterocycles. The van der Waals surface area contributed by atoms with Crippen LogP contribution in [0.3, 0.4) is 0 Å². The van der Waals surface area contributed by atoms with Crippen LogP contribution >= 0.6 is 0 Å². The predicted octanol–water partition coefficient (Wildman–Crippen LogP) is 4.25. The van der Waals surface area contributed by atoms with Crippen molar-refractivity contribution in [3.05, 3.63) is 67.0 Å². The summed E-state index contributed by atoms with van der Waals surface area (Å²) in [4.78, 5) is 0. The van der Waals surface area contributed by atoms with Crippen molar-refractivity contribution in [1.82, 2.24) is 4.40 Å². The minimum atomic E-state index is 1.30. The third-order valence-corrected chi connectivity index (χ3v) is 3.38. The highest BCUT2D eigenvalue weighted by atomic mass is 14.9. The van der Waals surface area contributed by atoms with Crippen molar-refractivity contribution in [1.29, 1.82) is 0 Å². The number of hydrogen-bond acceptors (Lipinski definition) is 0. The second kappa shape index (κ2) is 3.11. The maximum atomic E-state index is 2.22. The van der Waals surface area contributed by atoms with Crippen LogP contribution in [0.25, 0.3) is 27.1 Å². The van der Waals surface area contributed by atoms with E-state index in [0.29, 0.717) is 0 Å². The Balaban J connectivity index is 2.38. The van der Waals surface area contributed by atoms with E-state index in [9.17, 15) is 0 Å². The predicted molar refractivity (Wildman–Crippen MR) is 72.4 cm³/mol. The smallest absolute Gasteiger partial charge is 0.0607 e. The van der Waals surface area contributed by atoms with Crippen LogP contribution in [-0.2, 0) is 0 Å². The molecule has 2 heterocycles. The van der Waals surface area contributed by atoms with E-state index >= 15 is 0 Å². The molecule has 0 saturated carbocycles. The lowest BCUT2D eigenvalue weighted by Crippen LogP contribution is -1.82. The fourth-order valence-electron chi connectivity index (χ4n) is 2.60. The van der Waals surface area contributed by atoms with E-state index in [1.165, 1.54) is 27.1 Å². The van der Waals surface area contributed by atoms with Crippen molar-refractivity contribution in [2.45, 2.75) is 0 Å². The number of rotatable bonds is 0. The van der Waals surface area contributed by atoms with Crippen molar-refractivity contribution in [2.75, 3.05) is 0 Å². The lowest BCUT2D eigenvalue weighted by Gasteiger charge is -2.01. The zero-order valence-corrected chi connectivity index (χ0v) is 9.30. The third-order valence-electron chi connectivity index (χ3n) is 3.38. The molecule has 0 radical (unpaired) electrons. The molecule has 0 bridgehead atoms. The number of aromatic nitrogens is 1. The average molecular weight is 217 g/mol. The molecule has 17 heavy (non-hydrogen) atoms. The summed E-state index contributed by atoms with van der Waals surface area (Å²) < 4.78 is 2.22. The van der Waals surface area contributed by atoms with E-state index in [0.717, 1.165) is 0 Å². The van der Waals surface area contributed by atoms with Crippen LogP contribution in [0.15, 0.2) is 67.0 Å². The Hall–Kier alpha value is -2.28. The van der Waals surface area contributed by atoms with Gasteiger partial charge in [0.05, 0.1) is 5.52 Å². The molecule has 0 unspecified atom stereocenters. The van der Waals surface area contributed by atoms with Crippen LogP contribution in [0.2, 0.25) is 0 Å². The molecule has 1 nitrogen and oxygen atoms in total. The average Bonchev–Trinajstić information content (AvgIpc) is 2.77. The van der Waals surface area contributed by atoms with E-state index in [1.807, 2.05) is 0 Å². The number of fused-ring (bicyclic) bond motifs is 5. The Morgan fingerprint density at radius 1 is 0.647 bits per heavy atom. The van der Waals surface area contributed by atoms with Gasteiger partial charge >= 0.3 is 0 Å². The van der Waals surface area contributed by atoms with Gasteiger partial charge in [0, 0.05) is 28.6 Å². The summed E-state index contributed by atoms with van der Waals surface area (Å²) in [6, 6.07) is 19.3. The molecule has 0 fully saturated rings. The van der Waals surface area contributed by atoms with Crippen molar-refractivity contribution in [3.8, 4) is 0 Å². The van der Waals surface area contributed by atoms with E-state index in [-0.39, 0.29) is 0 Å². The first-order valence-electron chi connectivity index (χ1n) is 5.81. The molecule has 2 aromatic heterocycles. The summed E-state index contributed by atoms with van der Waals surface area (Å²) in [5, 5.41) is 5.23. The van der Waals surface area contributed by atoms with Crippen molar-refractivity contribution < 1.29 is 0 Å². The highest BCUT2D eigenvalue weighted by Gasteiger charge is 2.05. The Labute approximate surface area is 98.9 Å². The molecule has 0 N–H and O–H groups in total. The van der Waals surface area contributed by atoms with Gasteiger partial charge in [-0.15, -0.1) is 0 Å². The van der Waals surface area contributed by atoms with E-state index in [2.05, 4.69) is 71.4 Å².